The third-order valence-corrected chi connectivity index (χ3v) is 3.92. The Hall–Kier alpha value is -0.570. The first-order valence-electron chi connectivity index (χ1n) is 6.12. The van der Waals surface area contributed by atoms with Crippen molar-refractivity contribution in [2.75, 3.05) is 20.2 Å². The van der Waals surface area contributed by atoms with Gasteiger partial charge in [0, 0.05) is 6.04 Å². The second-order valence-corrected chi connectivity index (χ2v) is 4.80. The fourth-order valence-electron chi connectivity index (χ4n) is 3.15. The molecule has 2 aliphatic rings. The molecule has 0 spiro atoms. The van der Waals surface area contributed by atoms with Crippen LogP contribution in [0.5, 0.6) is 0 Å². The van der Waals surface area contributed by atoms with Crippen LogP contribution in [0, 0.1) is 5.92 Å². The Morgan fingerprint density at radius 3 is 2.80 bits per heavy atom. The minimum Gasteiger partial charge on any atom is -0.468 e. The Morgan fingerprint density at radius 2 is 2.00 bits per heavy atom. The van der Waals surface area contributed by atoms with E-state index in [4.69, 9.17) is 4.74 Å². The molecule has 2 fully saturated rings. The molecule has 3 nitrogen and oxygen atoms in total. The summed E-state index contributed by atoms with van der Waals surface area (Å²) in [6.45, 7) is 1.58. The van der Waals surface area contributed by atoms with Gasteiger partial charge in [-0.1, -0.05) is 12.8 Å². The minimum absolute atomic E-state index is 0.0822. The highest BCUT2D eigenvalue weighted by molar-refractivity contribution is 5.71. The molecule has 2 rings (SSSR count). The van der Waals surface area contributed by atoms with Crippen LogP contribution in [0.1, 0.15) is 38.5 Å². The maximum atomic E-state index is 11.3. The first-order chi connectivity index (χ1) is 7.31. The quantitative estimate of drug-likeness (QED) is 0.652. The summed E-state index contributed by atoms with van der Waals surface area (Å²) in [6, 6.07) is 0.659. The summed E-state index contributed by atoms with van der Waals surface area (Å²) in [5, 5.41) is 0. The number of piperidine rings is 1. The molecule has 0 aromatic heterocycles. The summed E-state index contributed by atoms with van der Waals surface area (Å²) in [7, 11) is 1.48. The van der Waals surface area contributed by atoms with Crippen molar-refractivity contribution >= 4 is 5.97 Å². The molecule has 2 atom stereocenters. The van der Waals surface area contributed by atoms with E-state index in [1.807, 2.05) is 0 Å². The highest BCUT2D eigenvalue weighted by Crippen LogP contribution is 2.34. The Morgan fingerprint density at radius 1 is 1.27 bits per heavy atom. The van der Waals surface area contributed by atoms with E-state index in [1.54, 1.807) is 0 Å². The van der Waals surface area contributed by atoms with Gasteiger partial charge in [0.25, 0.3) is 0 Å². The van der Waals surface area contributed by atoms with Crippen molar-refractivity contribution in [2.45, 2.75) is 44.6 Å². The molecule has 0 amide bonds. The van der Waals surface area contributed by atoms with Gasteiger partial charge in [-0.3, -0.25) is 9.69 Å². The van der Waals surface area contributed by atoms with Crippen LogP contribution in [-0.4, -0.2) is 37.1 Å². The molecule has 0 unspecified atom stereocenters. The number of ether oxygens (including phenoxy) is 1. The number of carbonyl (C=O) groups excluding carboxylic acids is 1. The van der Waals surface area contributed by atoms with Crippen molar-refractivity contribution in [1.82, 2.24) is 4.90 Å². The third kappa shape index (κ3) is 2.51. The van der Waals surface area contributed by atoms with Crippen LogP contribution < -0.4 is 0 Å². The monoisotopic (exact) mass is 211 g/mol. The summed E-state index contributed by atoms with van der Waals surface area (Å²) in [4.78, 5) is 13.6. The Kier molecular flexibility index (Phi) is 3.62. The van der Waals surface area contributed by atoms with Gasteiger partial charge in [0.2, 0.25) is 0 Å². The number of hydrogen-bond acceptors (Lipinski definition) is 3. The van der Waals surface area contributed by atoms with Crippen molar-refractivity contribution in [3.05, 3.63) is 0 Å². The van der Waals surface area contributed by atoms with Gasteiger partial charge in [0.15, 0.2) is 0 Å². The van der Waals surface area contributed by atoms with Gasteiger partial charge in [0.05, 0.1) is 13.7 Å². The second kappa shape index (κ2) is 4.97. The number of esters is 1. The maximum absolute atomic E-state index is 11.3. The molecule has 86 valence electrons. The lowest BCUT2D eigenvalue weighted by Gasteiger charge is -2.43. The Balaban J connectivity index is 1.94. The molecule has 0 radical (unpaired) electrons. The van der Waals surface area contributed by atoms with Gasteiger partial charge in [-0.15, -0.1) is 0 Å². The summed E-state index contributed by atoms with van der Waals surface area (Å²) < 4.78 is 4.75. The maximum Gasteiger partial charge on any atom is 0.319 e. The van der Waals surface area contributed by atoms with Crippen molar-refractivity contribution in [3.63, 3.8) is 0 Å². The molecule has 1 aliphatic carbocycles. The molecule has 1 heterocycles. The Labute approximate surface area is 91.8 Å². The Bertz CT molecular complexity index is 228. The van der Waals surface area contributed by atoms with Crippen molar-refractivity contribution in [2.24, 2.45) is 5.92 Å². The molecule has 0 aromatic carbocycles. The standard InChI is InChI=1S/C12H21NO2/c1-15-12(14)9-13-8-4-6-10-5-2-3-7-11(10)13/h10-11H,2-9H2,1H3/t10-,11-/m0/s1. The number of nitrogens with zero attached hydrogens (tertiary/aromatic N) is 1. The van der Waals surface area contributed by atoms with Crippen LogP contribution in [0.3, 0.4) is 0 Å². The lowest BCUT2D eigenvalue weighted by Crippen LogP contribution is -2.48. The highest BCUT2D eigenvalue weighted by atomic mass is 16.5. The van der Waals surface area contributed by atoms with Crippen molar-refractivity contribution in [3.8, 4) is 0 Å². The van der Waals surface area contributed by atoms with Crippen LogP contribution in [0.15, 0.2) is 0 Å². The summed E-state index contributed by atoms with van der Waals surface area (Å²) in [5.74, 6) is 0.762. The second-order valence-electron chi connectivity index (χ2n) is 4.80. The fourth-order valence-corrected chi connectivity index (χ4v) is 3.15. The molecule has 15 heavy (non-hydrogen) atoms. The van der Waals surface area contributed by atoms with E-state index in [2.05, 4.69) is 4.90 Å². The number of hydrogen-bond donors (Lipinski definition) is 0. The van der Waals surface area contributed by atoms with Gasteiger partial charge in [0.1, 0.15) is 0 Å². The molecule has 3 heteroatoms. The van der Waals surface area contributed by atoms with E-state index < -0.39 is 0 Å². The number of fused-ring (bicyclic) bond motifs is 1. The molecular weight excluding hydrogens is 190 g/mol. The van der Waals surface area contributed by atoms with E-state index >= 15 is 0 Å². The van der Waals surface area contributed by atoms with Gasteiger partial charge in [-0.05, 0) is 38.1 Å². The van der Waals surface area contributed by atoms with Gasteiger partial charge < -0.3 is 4.74 Å². The third-order valence-electron chi connectivity index (χ3n) is 3.92. The van der Waals surface area contributed by atoms with Crippen molar-refractivity contribution in [1.29, 1.82) is 0 Å². The molecule has 0 aromatic rings. The summed E-state index contributed by atoms with van der Waals surface area (Å²) in [6.07, 6.45) is 7.97. The first-order valence-corrected chi connectivity index (χ1v) is 6.12. The fraction of sp³-hybridized carbons (Fsp3) is 0.917. The topological polar surface area (TPSA) is 29.5 Å². The highest BCUT2D eigenvalue weighted by Gasteiger charge is 2.33. The van der Waals surface area contributed by atoms with Crippen LogP contribution in [0.4, 0.5) is 0 Å². The number of carbonyl (C=O) groups is 1. The molecule has 1 aliphatic heterocycles. The summed E-state index contributed by atoms with van der Waals surface area (Å²) >= 11 is 0. The normalized spacial score (nSPS) is 32.1. The number of methoxy groups -OCH3 is 1. The number of likely N-dealkylation sites (tertiary alicyclic amines) is 1. The smallest absolute Gasteiger partial charge is 0.319 e. The van der Waals surface area contributed by atoms with Gasteiger partial charge in [-0.2, -0.15) is 0 Å². The largest absolute Gasteiger partial charge is 0.468 e. The van der Waals surface area contributed by atoms with Crippen molar-refractivity contribution < 1.29 is 9.53 Å². The van der Waals surface area contributed by atoms with E-state index in [-0.39, 0.29) is 5.97 Å². The average Bonchev–Trinajstić information content (AvgIpc) is 2.29. The van der Waals surface area contributed by atoms with E-state index in [9.17, 15) is 4.79 Å². The average molecular weight is 211 g/mol. The summed E-state index contributed by atoms with van der Waals surface area (Å²) in [5.41, 5.74) is 0. The minimum atomic E-state index is -0.0822. The molecule has 1 saturated heterocycles. The van der Waals surface area contributed by atoms with Gasteiger partial charge >= 0.3 is 5.97 Å². The first kappa shape index (κ1) is 10.9. The zero-order chi connectivity index (χ0) is 10.7. The van der Waals surface area contributed by atoms with Gasteiger partial charge in [-0.25, -0.2) is 0 Å². The lowest BCUT2D eigenvalue weighted by atomic mass is 9.78. The predicted molar refractivity (Wildman–Crippen MR) is 58.6 cm³/mol. The van der Waals surface area contributed by atoms with E-state index in [1.165, 1.54) is 45.6 Å². The predicted octanol–water partition coefficient (Wildman–Crippen LogP) is 1.81. The molecule has 0 N–H and O–H groups in total. The number of rotatable bonds is 2. The zero-order valence-corrected chi connectivity index (χ0v) is 9.58. The van der Waals surface area contributed by atoms with Crippen LogP contribution in [0.25, 0.3) is 0 Å². The lowest BCUT2D eigenvalue weighted by molar-refractivity contribution is -0.143. The molecular formula is C12H21NO2. The molecule has 1 saturated carbocycles. The van der Waals surface area contributed by atoms with E-state index in [0.717, 1.165) is 12.5 Å². The molecule has 0 bridgehead atoms. The van der Waals surface area contributed by atoms with Crippen LogP contribution in [-0.2, 0) is 9.53 Å². The SMILES string of the molecule is COC(=O)CN1CCC[C@@H]2CCCC[C@@H]21. The zero-order valence-electron chi connectivity index (χ0n) is 9.58. The van der Waals surface area contributed by atoms with E-state index in [0.29, 0.717) is 12.6 Å². The van der Waals surface area contributed by atoms with Crippen LogP contribution >= 0.6 is 0 Å². The van der Waals surface area contributed by atoms with Crippen LogP contribution in [0.2, 0.25) is 0 Å².